The molecule has 1 heterocycles. The van der Waals surface area contributed by atoms with E-state index in [9.17, 15) is 4.79 Å². The van der Waals surface area contributed by atoms with Gasteiger partial charge in [0.2, 0.25) is 0 Å². The summed E-state index contributed by atoms with van der Waals surface area (Å²) in [6.07, 6.45) is 4.55. The van der Waals surface area contributed by atoms with Crippen LogP contribution in [0.25, 0.3) is 6.08 Å². The molecule has 0 bridgehead atoms. The third-order valence-corrected chi connectivity index (χ3v) is 3.56. The fourth-order valence-corrected chi connectivity index (χ4v) is 2.03. The van der Waals surface area contributed by atoms with Gasteiger partial charge in [0.1, 0.15) is 0 Å². The van der Waals surface area contributed by atoms with Crippen LogP contribution in [0.3, 0.4) is 0 Å². The zero-order valence-corrected chi connectivity index (χ0v) is 12.2. The molecule has 3 nitrogen and oxygen atoms in total. The molecule has 2 rings (SSSR count). The first-order valence-corrected chi connectivity index (χ1v) is 6.47. The number of allylic oxidation sites excluding steroid dienone is 1. The highest BCUT2D eigenvalue weighted by atomic mass is 35.5. The molecule has 2 aromatic rings. The minimum absolute atomic E-state index is 0.184. The Hall–Kier alpha value is -1.29. The van der Waals surface area contributed by atoms with Crippen molar-refractivity contribution in [3.8, 4) is 0 Å². The summed E-state index contributed by atoms with van der Waals surface area (Å²) in [5, 5.41) is 5.22. The number of aryl methyl sites for hydroxylation is 1. The quantitative estimate of drug-likeness (QED) is 0.626. The molecular weight excluding hydrogens is 307 g/mol. The van der Waals surface area contributed by atoms with Crippen LogP contribution in [0.4, 0.5) is 0 Å². The number of hydrogen-bond acceptors (Lipinski definition) is 2. The predicted octanol–water partition coefficient (Wildman–Crippen LogP) is 4.28. The topological polar surface area (TPSA) is 34.9 Å². The van der Waals surface area contributed by atoms with Crippen molar-refractivity contribution in [3.63, 3.8) is 0 Å². The highest BCUT2D eigenvalue weighted by molar-refractivity contribution is 6.42. The van der Waals surface area contributed by atoms with Crippen molar-refractivity contribution in [3.05, 3.63) is 56.8 Å². The normalized spacial score (nSPS) is 11.2. The summed E-state index contributed by atoms with van der Waals surface area (Å²) in [5.74, 6) is -0.184. The van der Waals surface area contributed by atoms with Crippen molar-refractivity contribution in [2.45, 2.75) is 0 Å². The molecule has 0 atom stereocenters. The molecule has 0 aliphatic rings. The molecule has 1 aromatic heterocycles. The number of rotatable bonds is 3. The standard InChI is InChI=1S/C13H9Cl3N2O/c1-18-12(11(16)7-17-18)4-5-13(19)8-2-3-9(14)10(15)6-8/h2-7H,1H3/b5-4+. The zero-order valence-electron chi connectivity index (χ0n) is 9.90. The largest absolute Gasteiger partial charge is 0.289 e. The van der Waals surface area contributed by atoms with Gasteiger partial charge in [-0.25, -0.2) is 0 Å². The van der Waals surface area contributed by atoms with E-state index in [1.54, 1.807) is 29.9 Å². The van der Waals surface area contributed by atoms with Crippen molar-refractivity contribution in [2.24, 2.45) is 7.05 Å². The van der Waals surface area contributed by atoms with Crippen LogP contribution in [0.1, 0.15) is 16.1 Å². The van der Waals surface area contributed by atoms with E-state index < -0.39 is 0 Å². The van der Waals surface area contributed by atoms with E-state index in [4.69, 9.17) is 34.8 Å². The maximum Gasteiger partial charge on any atom is 0.185 e. The molecule has 0 saturated heterocycles. The van der Waals surface area contributed by atoms with Gasteiger partial charge < -0.3 is 0 Å². The van der Waals surface area contributed by atoms with E-state index in [1.807, 2.05) is 0 Å². The van der Waals surface area contributed by atoms with Gasteiger partial charge in [0, 0.05) is 12.6 Å². The minimum atomic E-state index is -0.184. The lowest BCUT2D eigenvalue weighted by atomic mass is 10.1. The fraction of sp³-hybridized carbons (Fsp3) is 0.0769. The van der Waals surface area contributed by atoms with E-state index in [2.05, 4.69) is 5.10 Å². The van der Waals surface area contributed by atoms with E-state index >= 15 is 0 Å². The Balaban J connectivity index is 2.24. The third-order valence-electron chi connectivity index (χ3n) is 2.53. The van der Waals surface area contributed by atoms with E-state index in [-0.39, 0.29) is 5.78 Å². The second-order valence-corrected chi connectivity index (χ2v) is 5.05. The fourth-order valence-electron chi connectivity index (χ4n) is 1.51. The Morgan fingerprint density at radius 3 is 2.53 bits per heavy atom. The summed E-state index contributed by atoms with van der Waals surface area (Å²) >= 11 is 17.6. The Morgan fingerprint density at radius 2 is 1.95 bits per heavy atom. The van der Waals surface area contributed by atoms with Gasteiger partial charge in [-0.1, -0.05) is 34.8 Å². The molecule has 0 aliphatic heterocycles. The average Bonchev–Trinajstić information content (AvgIpc) is 2.69. The van der Waals surface area contributed by atoms with Crippen LogP contribution in [-0.2, 0) is 7.05 Å². The van der Waals surface area contributed by atoms with Crippen molar-refractivity contribution in [1.29, 1.82) is 0 Å². The molecule has 0 aliphatic carbocycles. The third kappa shape index (κ3) is 3.18. The Bertz CT molecular complexity index is 642. The SMILES string of the molecule is Cn1ncc(Cl)c1/C=C/C(=O)c1ccc(Cl)c(Cl)c1. The van der Waals surface area contributed by atoms with Gasteiger partial charge >= 0.3 is 0 Å². The molecule has 0 spiro atoms. The smallest absolute Gasteiger partial charge is 0.185 e. The molecule has 0 amide bonds. The van der Waals surface area contributed by atoms with Crippen molar-refractivity contribution in [1.82, 2.24) is 9.78 Å². The maximum atomic E-state index is 12.0. The lowest BCUT2D eigenvalue weighted by Gasteiger charge is -1.99. The minimum Gasteiger partial charge on any atom is -0.289 e. The van der Waals surface area contributed by atoms with Crippen LogP contribution in [0.15, 0.2) is 30.5 Å². The molecule has 98 valence electrons. The molecule has 0 unspecified atom stereocenters. The second kappa shape index (κ2) is 5.78. The Kier molecular flexibility index (Phi) is 4.30. The van der Waals surface area contributed by atoms with Crippen LogP contribution in [0, 0.1) is 0 Å². The van der Waals surface area contributed by atoms with Gasteiger partial charge in [0.05, 0.1) is 27.0 Å². The first kappa shape index (κ1) is 14.1. The monoisotopic (exact) mass is 314 g/mol. The number of aromatic nitrogens is 2. The van der Waals surface area contributed by atoms with Gasteiger partial charge in [0.15, 0.2) is 5.78 Å². The van der Waals surface area contributed by atoms with Crippen molar-refractivity contribution >= 4 is 46.7 Å². The van der Waals surface area contributed by atoms with E-state index in [1.165, 1.54) is 18.3 Å². The lowest BCUT2D eigenvalue weighted by molar-refractivity contribution is 0.104. The maximum absolute atomic E-state index is 12.0. The number of ketones is 1. The number of carbonyl (C=O) groups excluding carboxylic acids is 1. The zero-order chi connectivity index (χ0) is 14.0. The number of hydrogen-bond donors (Lipinski definition) is 0. The summed E-state index contributed by atoms with van der Waals surface area (Å²) < 4.78 is 1.58. The summed E-state index contributed by atoms with van der Waals surface area (Å²) in [6, 6.07) is 4.73. The second-order valence-electron chi connectivity index (χ2n) is 3.83. The first-order valence-electron chi connectivity index (χ1n) is 5.34. The molecule has 6 heteroatoms. The number of carbonyl (C=O) groups is 1. The lowest BCUT2D eigenvalue weighted by Crippen LogP contribution is -1.96. The van der Waals surface area contributed by atoms with Crippen LogP contribution >= 0.6 is 34.8 Å². The summed E-state index contributed by atoms with van der Waals surface area (Å²) in [6.45, 7) is 0. The van der Waals surface area contributed by atoms with Crippen LogP contribution < -0.4 is 0 Å². The number of halogens is 3. The number of benzene rings is 1. The molecule has 0 saturated carbocycles. The Morgan fingerprint density at radius 1 is 1.21 bits per heavy atom. The van der Waals surface area contributed by atoms with Gasteiger partial charge in [0.25, 0.3) is 0 Å². The molecule has 0 fully saturated rings. The van der Waals surface area contributed by atoms with Crippen LogP contribution in [-0.4, -0.2) is 15.6 Å². The van der Waals surface area contributed by atoms with E-state index in [0.29, 0.717) is 26.3 Å². The predicted molar refractivity (Wildman–Crippen MR) is 78.0 cm³/mol. The molecule has 1 aromatic carbocycles. The first-order chi connectivity index (χ1) is 8.99. The Labute approximate surface area is 125 Å². The summed E-state index contributed by atoms with van der Waals surface area (Å²) in [5.41, 5.74) is 1.12. The van der Waals surface area contributed by atoms with Gasteiger partial charge in [-0.3, -0.25) is 9.48 Å². The summed E-state index contributed by atoms with van der Waals surface area (Å²) in [4.78, 5) is 12.0. The van der Waals surface area contributed by atoms with Crippen molar-refractivity contribution < 1.29 is 4.79 Å². The van der Waals surface area contributed by atoms with Gasteiger partial charge in [-0.05, 0) is 30.4 Å². The molecular formula is C13H9Cl3N2O. The van der Waals surface area contributed by atoms with Crippen molar-refractivity contribution in [2.75, 3.05) is 0 Å². The summed E-state index contributed by atoms with van der Waals surface area (Å²) in [7, 11) is 1.75. The number of nitrogens with zero attached hydrogens (tertiary/aromatic N) is 2. The van der Waals surface area contributed by atoms with Crippen LogP contribution in [0.5, 0.6) is 0 Å². The molecule has 19 heavy (non-hydrogen) atoms. The van der Waals surface area contributed by atoms with Gasteiger partial charge in [-0.2, -0.15) is 5.10 Å². The van der Waals surface area contributed by atoms with Gasteiger partial charge in [-0.15, -0.1) is 0 Å². The van der Waals surface area contributed by atoms with E-state index in [0.717, 1.165) is 0 Å². The molecule has 0 N–H and O–H groups in total. The van der Waals surface area contributed by atoms with Crippen LogP contribution in [0.2, 0.25) is 15.1 Å². The highest BCUT2D eigenvalue weighted by Gasteiger charge is 2.07. The molecule has 0 radical (unpaired) electrons. The highest BCUT2D eigenvalue weighted by Crippen LogP contribution is 2.23. The average molecular weight is 316 g/mol.